The van der Waals surface area contributed by atoms with Gasteiger partial charge in [-0.3, -0.25) is 9.10 Å². The summed E-state index contributed by atoms with van der Waals surface area (Å²) in [6, 6.07) is 13.2. The lowest BCUT2D eigenvalue weighted by molar-refractivity contribution is -0.123. The number of alkyl halides is 3. The Morgan fingerprint density at radius 1 is 1.04 bits per heavy atom. The summed E-state index contributed by atoms with van der Waals surface area (Å²) in [6.45, 7) is 0.424. The number of halogens is 3. The molecule has 0 heterocycles. The minimum atomic E-state index is -4.52. The number of para-hydroxylation sites is 1. The molecule has 0 fully saturated rings. The van der Waals surface area contributed by atoms with Crippen molar-refractivity contribution in [1.29, 1.82) is 0 Å². The average molecular weight is 386 g/mol. The zero-order chi connectivity index (χ0) is 19.4. The van der Waals surface area contributed by atoms with E-state index < -0.39 is 28.7 Å². The van der Waals surface area contributed by atoms with Gasteiger partial charge in [0, 0.05) is 12.1 Å². The van der Waals surface area contributed by atoms with Crippen LogP contribution < -0.4 is 9.62 Å². The summed E-state index contributed by atoms with van der Waals surface area (Å²) in [5, 5.41) is 1.73. The van der Waals surface area contributed by atoms with Crippen LogP contribution in [0.25, 0.3) is 0 Å². The van der Waals surface area contributed by atoms with Gasteiger partial charge >= 0.3 is 6.18 Å². The van der Waals surface area contributed by atoms with E-state index in [0.29, 0.717) is 5.69 Å². The van der Waals surface area contributed by atoms with Crippen molar-refractivity contribution < 1.29 is 26.4 Å². The fourth-order valence-electron chi connectivity index (χ4n) is 2.27. The van der Waals surface area contributed by atoms with E-state index in [4.69, 9.17) is 0 Å². The van der Waals surface area contributed by atoms with Gasteiger partial charge in [-0.15, -0.1) is 0 Å². The molecule has 9 heteroatoms. The average Bonchev–Trinajstić information content (AvgIpc) is 2.60. The molecular formula is C17H17F3N2O3S. The van der Waals surface area contributed by atoms with Crippen LogP contribution >= 0.6 is 0 Å². The second-order valence-electron chi connectivity index (χ2n) is 5.33. The fourth-order valence-corrected chi connectivity index (χ4v) is 3.75. The van der Waals surface area contributed by atoms with Crippen LogP contribution in [0.2, 0.25) is 0 Å². The van der Waals surface area contributed by atoms with Crippen LogP contribution in [0.15, 0.2) is 59.5 Å². The van der Waals surface area contributed by atoms with Gasteiger partial charge < -0.3 is 5.32 Å². The molecule has 140 valence electrons. The van der Waals surface area contributed by atoms with E-state index >= 15 is 0 Å². The van der Waals surface area contributed by atoms with Gasteiger partial charge in [0.1, 0.15) is 6.54 Å². The molecule has 0 saturated carbocycles. The monoisotopic (exact) mass is 386 g/mol. The molecule has 0 aliphatic heterocycles. The smallest absolute Gasteiger partial charge is 0.343 e. The fraction of sp³-hybridized carbons (Fsp3) is 0.235. The minimum Gasteiger partial charge on any atom is -0.343 e. The summed E-state index contributed by atoms with van der Waals surface area (Å²) in [6.07, 6.45) is -4.52. The number of sulfonamides is 1. The van der Waals surface area contributed by atoms with Gasteiger partial charge in [0.2, 0.25) is 0 Å². The van der Waals surface area contributed by atoms with Crippen molar-refractivity contribution in [3.8, 4) is 0 Å². The molecule has 0 aliphatic carbocycles. The summed E-state index contributed by atoms with van der Waals surface area (Å²) >= 11 is 0. The third kappa shape index (κ3) is 4.75. The molecule has 2 aromatic carbocycles. The highest BCUT2D eigenvalue weighted by Crippen LogP contribution is 2.23. The van der Waals surface area contributed by atoms with Crippen molar-refractivity contribution >= 4 is 21.6 Å². The van der Waals surface area contributed by atoms with E-state index in [1.807, 2.05) is 0 Å². The van der Waals surface area contributed by atoms with Crippen LogP contribution in [0.5, 0.6) is 0 Å². The molecule has 0 unspecified atom stereocenters. The van der Waals surface area contributed by atoms with Gasteiger partial charge in [-0.25, -0.2) is 8.42 Å². The lowest BCUT2D eigenvalue weighted by Crippen LogP contribution is -2.33. The number of carbonyl (C=O) groups excluding carboxylic acids is 1. The van der Waals surface area contributed by atoms with E-state index in [0.717, 1.165) is 0 Å². The standard InChI is InChI=1S/C17H17F3N2O3S/c1-2-22(14-6-4-3-5-7-14)26(24,25)15-10-8-13(9-11-15)16(23)21-12-17(18,19)20/h3-11H,2,12H2,1H3,(H,21,23). The van der Waals surface area contributed by atoms with Gasteiger partial charge in [0.15, 0.2) is 0 Å². The number of nitrogens with one attached hydrogen (secondary N) is 1. The second-order valence-corrected chi connectivity index (χ2v) is 7.19. The quantitative estimate of drug-likeness (QED) is 0.829. The molecule has 26 heavy (non-hydrogen) atoms. The number of amides is 1. The zero-order valence-corrected chi connectivity index (χ0v) is 14.6. The van der Waals surface area contributed by atoms with Crippen LogP contribution in [0, 0.1) is 0 Å². The number of hydrogen-bond acceptors (Lipinski definition) is 3. The Morgan fingerprint density at radius 3 is 2.12 bits per heavy atom. The van der Waals surface area contributed by atoms with Gasteiger partial charge in [0.25, 0.3) is 15.9 Å². The van der Waals surface area contributed by atoms with Crippen molar-refractivity contribution in [2.75, 3.05) is 17.4 Å². The Bertz CT molecular complexity index is 851. The van der Waals surface area contributed by atoms with E-state index in [-0.39, 0.29) is 17.0 Å². The predicted molar refractivity (Wildman–Crippen MR) is 91.5 cm³/mol. The van der Waals surface area contributed by atoms with E-state index in [1.54, 1.807) is 42.6 Å². The molecule has 1 amide bonds. The van der Waals surface area contributed by atoms with Crippen molar-refractivity contribution in [2.45, 2.75) is 18.0 Å². The molecule has 2 aromatic rings. The first-order chi connectivity index (χ1) is 12.1. The maximum Gasteiger partial charge on any atom is 0.405 e. The molecule has 0 spiro atoms. The lowest BCUT2D eigenvalue weighted by Gasteiger charge is -2.23. The van der Waals surface area contributed by atoms with Crippen molar-refractivity contribution in [2.24, 2.45) is 0 Å². The Labute approximate surface area is 149 Å². The molecule has 0 aromatic heterocycles. The molecule has 0 saturated heterocycles. The Kier molecular flexibility index (Phi) is 5.91. The summed E-state index contributed by atoms with van der Waals surface area (Å²) < 4.78 is 63.2. The summed E-state index contributed by atoms with van der Waals surface area (Å²) in [5.74, 6) is -0.929. The van der Waals surface area contributed by atoms with Crippen LogP contribution in [-0.2, 0) is 10.0 Å². The molecular weight excluding hydrogens is 369 g/mol. The van der Waals surface area contributed by atoms with E-state index in [9.17, 15) is 26.4 Å². The number of hydrogen-bond donors (Lipinski definition) is 1. The first-order valence-corrected chi connectivity index (χ1v) is 9.12. The Morgan fingerprint density at radius 2 is 1.62 bits per heavy atom. The van der Waals surface area contributed by atoms with Gasteiger partial charge in [-0.05, 0) is 43.3 Å². The van der Waals surface area contributed by atoms with Crippen LogP contribution in [-0.4, -0.2) is 33.6 Å². The summed E-state index contributed by atoms with van der Waals surface area (Å²) in [5.41, 5.74) is 0.429. The highest BCUT2D eigenvalue weighted by Gasteiger charge is 2.28. The maximum absolute atomic E-state index is 12.8. The zero-order valence-electron chi connectivity index (χ0n) is 13.8. The summed E-state index contributed by atoms with van der Waals surface area (Å²) in [7, 11) is -3.86. The molecule has 0 atom stereocenters. The SMILES string of the molecule is CCN(c1ccccc1)S(=O)(=O)c1ccc(C(=O)NCC(F)(F)F)cc1. The Balaban J connectivity index is 2.22. The number of rotatable bonds is 6. The third-order valence-corrected chi connectivity index (χ3v) is 5.40. The molecule has 1 N–H and O–H groups in total. The molecule has 0 aliphatic rings. The predicted octanol–water partition coefficient (Wildman–Crippen LogP) is 3.19. The topological polar surface area (TPSA) is 66.5 Å². The third-order valence-electron chi connectivity index (χ3n) is 3.49. The van der Waals surface area contributed by atoms with Gasteiger partial charge in [-0.1, -0.05) is 18.2 Å². The van der Waals surface area contributed by atoms with Crippen molar-refractivity contribution in [1.82, 2.24) is 5.32 Å². The normalized spacial score (nSPS) is 11.8. The molecule has 0 radical (unpaired) electrons. The van der Waals surface area contributed by atoms with Crippen LogP contribution in [0.1, 0.15) is 17.3 Å². The lowest BCUT2D eigenvalue weighted by atomic mass is 10.2. The van der Waals surface area contributed by atoms with Crippen LogP contribution in [0.3, 0.4) is 0 Å². The van der Waals surface area contributed by atoms with Gasteiger partial charge in [0.05, 0.1) is 10.6 Å². The molecule has 2 rings (SSSR count). The largest absolute Gasteiger partial charge is 0.405 e. The Hall–Kier alpha value is -2.55. The number of benzene rings is 2. The number of carbonyl (C=O) groups is 1. The van der Waals surface area contributed by atoms with Crippen molar-refractivity contribution in [3.63, 3.8) is 0 Å². The maximum atomic E-state index is 12.8. The highest BCUT2D eigenvalue weighted by molar-refractivity contribution is 7.92. The first-order valence-electron chi connectivity index (χ1n) is 7.68. The van der Waals surface area contributed by atoms with Gasteiger partial charge in [-0.2, -0.15) is 13.2 Å². The number of anilines is 1. The van der Waals surface area contributed by atoms with E-state index in [1.165, 1.54) is 28.6 Å². The first kappa shape index (κ1) is 19.8. The molecule has 0 bridgehead atoms. The van der Waals surface area contributed by atoms with Crippen molar-refractivity contribution in [3.05, 3.63) is 60.2 Å². The van der Waals surface area contributed by atoms with E-state index in [2.05, 4.69) is 0 Å². The summed E-state index contributed by atoms with van der Waals surface area (Å²) in [4.78, 5) is 11.6. The highest BCUT2D eigenvalue weighted by atomic mass is 32.2. The minimum absolute atomic E-state index is 0.0593. The second kappa shape index (κ2) is 7.77. The number of nitrogens with zero attached hydrogens (tertiary/aromatic N) is 1. The van der Waals surface area contributed by atoms with Crippen LogP contribution in [0.4, 0.5) is 18.9 Å². The molecule has 5 nitrogen and oxygen atoms in total.